The minimum atomic E-state index is 0.220. The van der Waals surface area contributed by atoms with Crippen LogP contribution in [-0.4, -0.2) is 19.6 Å². The van der Waals surface area contributed by atoms with Crippen molar-refractivity contribution in [3.63, 3.8) is 0 Å². The van der Waals surface area contributed by atoms with Gasteiger partial charge < -0.3 is 10.1 Å². The number of H-pyrrole nitrogens is 1. The predicted molar refractivity (Wildman–Crippen MR) is 162 cm³/mol. The highest BCUT2D eigenvalue weighted by molar-refractivity contribution is 5.96. The molecule has 0 aliphatic carbocycles. The van der Waals surface area contributed by atoms with Crippen LogP contribution < -0.4 is 0 Å². The van der Waals surface area contributed by atoms with Crippen LogP contribution in [0.5, 0.6) is 5.75 Å². The second-order valence-electron chi connectivity index (χ2n) is 10.7. The Morgan fingerprint density at radius 1 is 0.692 bits per heavy atom. The number of hydrogen-bond acceptors (Lipinski definition) is 2. The van der Waals surface area contributed by atoms with Gasteiger partial charge in [0.05, 0.1) is 22.3 Å². The molecule has 194 valence electrons. The molecule has 0 aliphatic rings. The maximum Gasteiger partial charge on any atom is 0.149 e. The van der Waals surface area contributed by atoms with Crippen molar-refractivity contribution in [3.8, 4) is 45.2 Å². The summed E-state index contributed by atoms with van der Waals surface area (Å²) >= 11 is 0. The maximum absolute atomic E-state index is 11.0. The molecule has 0 aliphatic heterocycles. The van der Waals surface area contributed by atoms with Gasteiger partial charge in [-0.15, -0.1) is 0 Å². The molecule has 0 spiro atoms. The van der Waals surface area contributed by atoms with E-state index in [1.165, 1.54) is 11.1 Å². The molecule has 2 N–H and O–H groups in total. The third-order valence-electron chi connectivity index (χ3n) is 7.48. The number of aromatic amines is 1. The quantitative estimate of drug-likeness (QED) is 0.234. The molecule has 2 aromatic heterocycles. The molecule has 0 radical (unpaired) electrons. The van der Waals surface area contributed by atoms with Gasteiger partial charge in [0, 0.05) is 17.5 Å². The number of aromatic nitrogens is 3. The van der Waals surface area contributed by atoms with Gasteiger partial charge >= 0.3 is 0 Å². The Morgan fingerprint density at radius 2 is 1.36 bits per heavy atom. The molecule has 6 aromatic rings. The minimum absolute atomic E-state index is 0.220. The Labute approximate surface area is 229 Å². The van der Waals surface area contributed by atoms with Gasteiger partial charge in [-0.2, -0.15) is 0 Å². The van der Waals surface area contributed by atoms with Crippen LogP contribution in [0.3, 0.4) is 0 Å². The van der Waals surface area contributed by atoms with Crippen LogP contribution in [0.25, 0.3) is 50.5 Å². The average Bonchev–Trinajstić information content (AvgIpc) is 3.61. The molecule has 0 amide bonds. The number of aromatic hydroxyl groups is 1. The molecule has 4 aromatic carbocycles. The fraction of sp³-hybridized carbons (Fsp3) is 0.171. The van der Waals surface area contributed by atoms with Crippen LogP contribution in [0, 0.1) is 0 Å². The topological polar surface area (TPSA) is 53.8 Å². The molecule has 39 heavy (non-hydrogen) atoms. The van der Waals surface area contributed by atoms with Crippen LogP contribution in [0.1, 0.15) is 50.7 Å². The summed E-state index contributed by atoms with van der Waals surface area (Å²) in [7, 11) is 0. The van der Waals surface area contributed by atoms with E-state index in [9.17, 15) is 5.11 Å². The molecule has 0 atom stereocenters. The number of phenols is 1. The second kappa shape index (κ2) is 9.95. The fourth-order valence-electron chi connectivity index (χ4n) is 5.54. The second-order valence-corrected chi connectivity index (χ2v) is 10.7. The molecular formula is C35H33N3O. The Hall–Kier alpha value is -4.57. The van der Waals surface area contributed by atoms with E-state index in [0.717, 1.165) is 44.9 Å². The highest BCUT2D eigenvalue weighted by Crippen LogP contribution is 2.41. The third-order valence-corrected chi connectivity index (χ3v) is 7.48. The Bertz CT molecular complexity index is 1750. The van der Waals surface area contributed by atoms with Crippen molar-refractivity contribution in [1.29, 1.82) is 0 Å². The normalized spacial score (nSPS) is 11.6. The summed E-state index contributed by atoms with van der Waals surface area (Å²) in [6.45, 7) is 8.94. The van der Waals surface area contributed by atoms with E-state index >= 15 is 0 Å². The lowest BCUT2D eigenvalue weighted by Gasteiger charge is -2.22. The van der Waals surface area contributed by atoms with Gasteiger partial charge in [-0.1, -0.05) is 88.4 Å². The van der Waals surface area contributed by atoms with Crippen molar-refractivity contribution in [1.82, 2.24) is 14.5 Å². The summed E-state index contributed by atoms with van der Waals surface area (Å²) in [6, 6.07) is 33.1. The van der Waals surface area contributed by atoms with Gasteiger partial charge in [0.15, 0.2) is 0 Å². The van der Waals surface area contributed by atoms with Crippen molar-refractivity contribution < 1.29 is 5.11 Å². The van der Waals surface area contributed by atoms with Gasteiger partial charge in [-0.05, 0) is 70.5 Å². The molecule has 0 bridgehead atoms. The first-order valence-electron chi connectivity index (χ1n) is 13.6. The predicted octanol–water partition coefficient (Wildman–Crippen LogP) is 9.31. The summed E-state index contributed by atoms with van der Waals surface area (Å²) in [5.74, 6) is 1.59. The number of para-hydroxylation sites is 3. The molecule has 2 heterocycles. The number of hydrogen-bond donors (Lipinski definition) is 2. The molecule has 4 heteroatoms. The van der Waals surface area contributed by atoms with Crippen molar-refractivity contribution in [2.24, 2.45) is 0 Å². The van der Waals surface area contributed by atoms with Gasteiger partial charge in [0.2, 0.25) is 0 Å². The van der Waals surface area contributed by atoms with E-state index in [4.69, 9.17) is 4.98 Å². The molecule has 0 saturated carbocycles. The highest BCUT2D eigenvalue weighted by Gasteiger charge is 2.24. The average molecular weight is 512 g/mol. The van der Waals surface area contributed by atoms with Gasteiger partial charge in [0.25, 0.3) is 0 Å². The Kier molecular flexibility index (Phi) is 6.32. The van der Waals surface area contributed by atoms with Gasteiger partial charge in [-0.3, -0.25) is 4.57 Å². The maximum atomic E-state index is 11.0. The Balaban J connectivity index is 1.70. The number of phenolic OH excluding ortho intramolecular Hbond substituents is 1. The van der Waals surface area contributed by atoms with Crippen LogP contribution in [-0.2, 0) is 0 Å². The van der Waals surface area contributed by atoms with E-state index in [0.29, 0.717) is 17.4 Å². The molecular weight excluding hydrogens is 478 g/mol. The van der Waals surface area contributed by atoms with E-state index in [2.05, 4.69) is 104 Å². The first-order chi connectivity index (χ1) is 18.9. The van der Waals surface area contributed by atoms with Gasteiger partial charge in [-0.25, -0.2) is 4.98 Å². The lowest BCUT2D eigenvalue weighted by atomic mass is 9.92. The first-order valence-corrected chi connectivity index (χ1v) is 13.6. The summed E-state index contributed by atoms with van der Waals surface area (Å²) in [4.78, 5) is 8.60. The lowest BCUT2D eigenvalue weighted by Crippen LogP contribution is -2.08. The van der Waals surface area contributed by atoms with E-state index in [1.807, 2.05) is 30.5 Å². The number of benzene rings is 4. The number of nitrogens with one attached hydrogen (secondary N) is 1. The summed E-state index contributed by atoms with van der Waals surface area (Å²) in [5, 5.41) is 11.0. The van der Waals surface area contributed by atoms with Crippen molar-refractivity contribution >= 4 is 11.0 Å². The van der Waals surface area contributed by atoms with Crippen LogP contribution in [0.4, 0.5) is 0 Å². The zero-order valence-corrected chi connectivity index (χ0v) is 22.8. The number of imidazole rings is 1. The standard InChI is InChI=1S/C35H33N3O/c1-22(2)26-14-8-15-27(23(3)4)34(26)38-31-18-9-16-28(24-11-7-12-25(21-24)30-17-10-20-36-30)33(31)37-35(38)29-13-5-6-19-32(29)39/h5-23,36,39H,1-4H3. The molecule has 0 fully saturated rings. The van der Waals surface area contributed by atoms with E-state index < -0.39 is 0 Å². The van der Waals surface area contributed by atoms with Crippen LogP contribution in [0.15, 0.2) is 103 Å². The molecule has 6 rings (SSSR count). The smallest absolute Gasteiger partial charge is 0.149 e. The van der Waals surface area contributed by atoms with Gasteiger partial charge in [0.1, 0.15) is 11.6 Å². The minimum Gasteiger partial charge on any atom is -0.507 e. The zero-order chi connectivity index (χ0) is 27.1. The van der Waals surface area contributed by atoms with E-state index in [-0.39, 0.29) is 5.75 Å². The summed E-state index contributed by atoms with van der Waals surface area (Å²) in [6.07, 6.45) is 1.95. The SMILES string of the molecule is CC(C)c1cccc(C(C)C)c1-n1c(-c2ccccc2O)nc2c(-c3cccc(-c4ccc[nH]4)c3)cccc21. The van der Waals surface area contributed by atoms with Crippen LogP contribution in [0.2, 0.25) is 0 Å². The first kappa shape index (κ1) is 24.7. The van der Waals surface area contributed by atoms with E-state index in [1.54, 1.807) is 6.07 Å². The Morgan fingerprint density at radius 3 is 2.05 bits per heavy atom. The number of rotatable bonds is 6. The van der Waals surface area contributed by atoms with Crippen molar-refractivity contribution in [3.05, 3.63) is 114 Å². The van der Waals surface area contributed by atoms with Crippen LogP contribution >= 0.6 is 0 Å². The highest BCUT2D eigenvalue weighted by atomic mass is 16.3. The summed E-state index contributed by atoms with van der Waals surface area (Å²) in [5.41, 5.74) is 10.7. The fourth-order valence-corrected chi connectivity index (χ4v) is 5.54. The lowest BCUT2D eigenvalue weighted by molar-refractivity contribution is 0.477. The van der Waals surface area contributed by atoms with Crippen molar-refractivity contribution in [2.45, 2.75) is 39.5 Å². The largest absolute Gasteiger partial charge is 0.507 e. The summed E-state index contributed by atoms with van der Waals surface area (Å²) < 4.78 is 2.27. The van der Waals surface area contributed by atoms with Crippen molar-refractivity contribution in [2.75, 3.05) is 0 Å². The molecule has 4 nitrogen and oxygen atoms in total. The number of fused-ring (bicyclic) bond motifs is 1. The third kappa shape index (κ3) is 4.32. The molecule has 0 unspecified atom stereocenters. The monoisotopic (exact) mass is 511 g/mol. The number of nitrogens with zero attached hydrogens (tertiary/aromatic N) is 2. The molecule has 0 saturated heterocycles. The zero-order valence-electron chi connectivity index (χ0n) is 22.8.